The van der Waals surface area contributed by atoms with E-state index in [-0.39, 0.29) is 5.56 Å². The van der Waals surface area contributed by atoms with E-state index >= 15 is 0 Å². The maximum absolute atomic E-state index is 12.1. The average Bonchev–Trinajstić information content (AvgIpc) is 2.67. The van der Waals surface area contributed by atoms with Crippen LogP contribution in [0.1, 0.15) is 5.56 Å². The van der Waals surface area contributed by atoms with Crippen molar-refractivity contribution in [3.8, 4) is 28.5 Å². The molecular weight excluding hydrogens is 349 g/mol. The lowest BCUT2D eigenvalue weighted by molar-refractivity contribution is 0.426. The molecule has 0 fully saturated rings. The second-order valence-corrected chi connectivity index (χ2v) is 6.28. The van der Waals surface area contributed by atoms with Crippen LogP contribution in [-0.2, 0) is 0 Å². The van der Waals surface area contributed by atoms with Gasteiger partial charge in [-0.3, -0.25) is 4.79 Å². The Bertz CT molecular complexity index is 1040. The van der Waals surface area contributed by atoms with Crippen molar-refractivity contribution in [2.24, 2.45) is 0 Å². The molecule has 0 saturated heterocycles. The molecule has 2 aromatic carbocycles. The Hall–Kier alpha value is -2.86. The first-order valence-electron chi connectivity index (χ1n) is 7.69. The Morgan fingerprint density at radius 1 is 1.12 bits per heavy atom. The van der Waals surface area contributed by atoms with E-state index < -0.39 is 12.7 Å². The fourth-order valence-corrected chi connectivity index (χ4v) is 2.93. The number of thioether (sulfide) groups is 1. The number of rotatable bonds is 4. The summed E-state index contributed by atoms with van der Waals surface area (Å²) < 4.78 is 0. The van der Waals surface area contributed by atoms with Crippen LogP contribution in [0.2, 0.25) is 0 Å². The summed E-state index contributed by atoms with van der Waals surface area (Å²) in [5.74, 6) is 0. The number of benzene rings is 2. The molecule has 0 aliphatic heterocycles. The van der Waals surface area contributed by atoms with Gasteiger partial charge in [0.15, 0.2) is 5.16 Å². The molecular formula is C18H14BN3O3S. The molecule has 6 nitrogen and oxygen atoms in total. The minimum atomic E-state index is -1.52. The molecule has 3 aromatic rings. The van der Waals surface area contributed by atoms with Gasteiger partial charge in [-0.05, 0) is 28.9 Å². The summed E-state index contributed by atoms with van der Waals surface area (Å²) in [6.07, 6.45) is 1.79. The average molecular weight is 363 g/mol. The summed E-state index contributed by atoms with van der Waals surface area (Å²) in [5.41, 5.74) is 2.63. The Morgan fingerprint density at radius 2 is 1.81 bits per heavy atom. The normalized spacial score (nSPS) is 10.4. The monoisotopic (exact) mass is 363 g/mol. The summed E-state index contributed by atoms with van der Waals surface area (Å²) in [6.45, 7) is 0. The van der Waals surface area contributed by atoms with Crippen LogP contribution in [0.25, 0.3) is 22.4 Å². The summed E-state index contributed by atoms with van der Waals surface area (Å²) in [7, 11) is -1.52. The van der Waals surface area contributed by atoms with Crippen LogP contribution in [-0.4, -0.2) is 33.4 Å². The number of aromatic nitrogens is 2. The van der Waals surface area contributed by atoms with Gasteiger partial charge in [-0.1, -0.05) is 54.2 Å². The summed E-state index contributed by atoms with van der Waals surface area (Å²) in [4.78, 5) is 19.1. The van der Waals surface area contributed by atoms with Crippen molar-refractivity contribution >= 4 is 24.3 Å². The van der Waals surface area contributed by atoms with Crippen LogP contribution in [0.5, 0.6) is 0 Å². The minimum Gasteiger partial charge on any atom is -0.423 e. The van der Waals surface area contributed by atoms with E-state index in [0.29, 0.717) is 21.9 Å². The van der Waals surface area contributed by atoms with Gasteiger partial charge < -0.3 is 15.0 Å². The van der Waals surface area contributed by atoms with Gasteiger partial charge in [-0.15, -0.1) is 0 Å². The van der Waals surface area contributed by atoms with Crippen molar-refractivity contribution in [2.45, 2.75) is 5.16 Å². The van der Waals surface area contributed by atoms with Crippen molar-refractivity contribution in [1.29, 1.82) is 5.26 Å². The highest BCUT2D eigenvalue weighted by Gasteiger charge is 2.14. The standard InChI is InChI=1S/C18H14BN3O3S/c1-26-18-21-16(15(10-20)17(23)22-18)13-4-2-3-12(9-13)11-5-7-14(8-6-11)19(24)25/h2-9,24-25H,1H3,(H,21,22,23). The van der Waals surface area contributed by atoms with Crippen LogP contribution in [0.3, 0.4) is 0 Å². The molecule has 0 unspecified atom stereocenters. The molecule has 0 amide bonds. The van der Waals surface area contributed by atoms with Gasteiger partial charge >= 0.3 is 7.12 Å². The zero-order chi connectivity index (χ0) is 18.7. The molecule has 0 aliphatic carbocycles. The molecule has 0 bridgehead atoms. The highest BCUT2D eigenvalue weighted by atomic mass is 32.2. The molecule has 0 atom stereocenters. The first-order valence-corrected chi connectivity index (χ1v) is 8.91. The molecule has 3 rings (SSSR count). The van der Waals surface area contributed by atoms with Gasteiger partial charge in [0.25, 0.3) is 5.56 Å². The highest BCUT2D eigenvalue weighted by molar-refractivity contribution is 7.98. The summed E-state index contributed by atoms with van der Waals surface area (Å²) in [5, 5.41) is 28.2. The predicted molar refractivity (Wildman–Crippen MR) is 102 cm³/mol. The van der Waals surface area contributed by atoms with E-state index in [0.717, 1.165) is 11.1 Å². The maximum atomic E-state index is 12.1. The molecule has 26 heavy (non-hydrogen) atoms. The predicted octanol–water partition coefficient (Wildman–Crippen LogP) is 1.38. The second-order valence-electron chi connectivity index (χ2n) is 5.49. The number of nitriles is 1. The SMILES string of the molecule is CSc1nc(-c2cccc(-c3ccc(B(O)O)cc3)c2)c(C#N)c(=O)[nH]1. The number of nitrogens with zero attached hydrogens (tertiary/aromatic N) is 2. The van der Waals surface area contributed by atoms with Crippen LogP contribution in [0, 0.1) is 11.3 Å². The van der Waals surface area contributed by atoms with Gasteiger partial charge in [-0.25, -0.2) is 4.98 Å². The van der Waals surface area contributed by atoms with Crippen molar-refractivity contribution in [3.63, 3.8) is 0 Å². The third-order valence-corrected chi connectivity index (χ3v) is 4.46. The van der Waals surface area contributed by atoms with Gasteiger partial charge in [0.1, 0.15) is 11.6 Å². The highest BCUT2D eigenvalue weighted by Crippen LogP contribution is 2.26. The van der Waals surface area contributed by atoms with E-state index in [1.807, 2.05) is 24.3 Å². The van der Waals surface area contributed by atoms with Crippen LogP contribution in [0.4, 0.5) is 0 Å². The van der Waals surface area contributed by atoms with E-state index in [1.165, 1.54) is 11.8 Å². The Kier molecular flexibility index (Phi) is 5.23. The first-order chi connectivity index (χ1) is 12.5. The zero-order valence-electron chi connectivity index (χ0n) is 13.8. The van der Waals surface area contributed by atoms with Gasteiger partial charge in [0.2, 0.25) is 0 Å². The fraction of sp³-hybridized carbons (Fsp3) is 0.0556. The third-order valence-electron chi connectivity index (χ3n) is 3.88. The molecule has 8 heteroatoms. The van der Waals surface area contributed by atoms with Crippen molar-refractivity contribution in [1.82, 2.24) is 9.97 Å². The van der Waals surface area contributed by atoms with Gasteiger partial charge in [-0.2, -0.15) is 5.26 Å². The molecule has 1 aromatic heterocycles. The second kappa shape index (κ2) is 7.58. The Balaban J connectivity index is 2.10. The lowest BCUT2D eigenvalue weighted by Crippen LogP contribution is -2.29. The van der Waals surface area contributed by atoms with E-state index in [9.17, 15) is 20.1 Å². The molecule has 128 valence electrons. The Labute approximate surface area is 154 Å². The van der Waals surface area contributed by atoms with Crippen molar-refractivity contribution in [3.05, 3.63) is 64.4 Å². The molecule has 0 saturated carbocycles. The van der Waals surface area contributed by atoms with E-state index in [1.54, 1.807) is 36.6 Å². The topological polar surface area (TPSA) is 110 Å². The van der Waals surface area contributed by atoms with E-state index in [4.69, 9.17) is 0 Å². The smallest absolute Gasteiger partial charge is 0.423 e. The number of aromatic amines is 1. The first kappa shape index (κ1) is 18.0. The zero-order valence-corrected chi connectivity index (χ0v) is 14.6. The van der Waals surface area contributed by atoms with Gasteiger partial charge in [0, 0.05) is 5.56 Å². The lowest BCUT2D eigenvalue weighted by atomic mass is 9.80. The molecule has 0 aliphatic rings. The fourth-order valence-electron chi connectivity index (χ4n) is 2.56. The molecule has 0 spiro atoms. The largest absolute Gasteiger partial charge is 0.488 e. The van der Waals surface area contributed by atoms with Crippen molar-refractivity contribution in [2.75, 3.05) is 6.26 Å². The number of H-pyrrole nitrogens is 1. The van der Waals surface area contributed by atoms with E-state index in [2.05, 4.69) is 9.97 Å². The van der Waals surface area contributed by atoms with Crippen LogP contribution >= 0.6 is 11.8 Å². The third kappa shape index (κ3) is 3.55. The molecule has 3 N–H and O–H groups in total. The quantitative estimate of drug-likeness (QED) is 0.367. The Morgan fingerprint density at radius 3 is 2.42 bits per heavy atom. The molecule has 0 radical (unpaired) electrons. The minimum absolute atomic E-state index is 0.0290. The van der Waals surface area contributed by atoms with Crippen LogP contribution in [0.15, 0.2) is 58.5 Å². The summed E-state index contributed by atoms with van der Waals surface area (Å²) in [6, 6.07) is 16.1. The van der Waals surface area contributed by atoms with Crippen molar-refractivity contribution < 1.29 is 10.0 Å². The maximum Gasteiger partial charge on any atom is 0.488 e. The molecule has 1 heterocycles. The number of hydrogen-bond donors (Lipinski definition) is 3. The lowest BCUT2D eigenvalue weighted by Gasteiger charge is -2.08. The summed E-state index contributed by atoms with van der Waals surface area (Å²) >= 11 is 1.29. The van der Waals surface area contributed by atoms with Gasteiger partial charge in [0.05, 0.1) is 5.69 Å². The number of hydrogen-bond acceptors (Lipinski definition) is 6. The van der Waals surface area contributed by atoms with Crippen LogP contribution < -0.4 is 11.0 Å². The number of nitrogens with one attached hydrogen (secondary N) is 1.